The third kappa shape index (κ3) is 4.74. The van der Waals surface area contributed by atoms with Crippen molar-refractivity contribution < 1.29 is 8.42 Å². The minimum Gasteiger partial charge on any atom is -0.318 e. The third-order valence-corrected chi connectivity index (χ3v) is 5.38. The summed E-state index contributed by atoms with van der Waals surface area (Å²) in [5.74, 6) is 0. The Bertz CT molecular complexity index is 519. The summed E-state index contributed by atoms with van der Waals surface area (Å²) < 4.78 is 29.2. The van der Waals surface area contributed by atoms with Crippen LogP contribution < -0.4 is 10.0 Å². The topological polar surface area (TPSA) is 74.3 Å². The highest BCUT2D eigenvalue weighted by molar-refractivity contribution is 7.87. The quantitative estimate of drug-likeness (QED) is 0.770. The van der Waals surface area contributed by atoms with Gasteiger partial charge in [0.1, 0.15) is 0 Å². The fourth-order valence-corrected chi connectivity index (χ4v) is 4.13. The summed E-state index contributed by atoms with van der Waals surface area (Å²) >= 11 is 0. The van der Waals surface area contributed by atoms with Crippen molar-refractivity contribution in [3.8, 4) is 0 Å². The monoisotopic (exact) mass is 312 g/mol. The minimum atomic E-state index is -3.41. The Morgan fingerprint density at radius 1 is 1.38 bits per heavy atom. The smallest absolute Gasteiger partial charge is 0.279 e. The Labute approximate surface area is 127 Å². The van der Waals surface area contributed by atoms with Gasteiger partial charge in [-0.15, -0.1) is 0 Å². The molecule has 2 N–H and O–H groups in total. The molecule has 1 aliphatic rings. The molecule has 2 heterocycles. The number of piperidine rings is 1. The number of nitrogens with one attached hydrogen (secondary N) is 2. The van der Waals surface area contributed by atoms with Crippen molar-refractivity contribution >= 4 is 10.2 Å². The van der Waals surface area contributed by atoms with Crippen LogP contribution in [0.25, 0.3) is 0 Å². The first kappa shape index (κ1) is 16.4. The fraction of sp³-hybridized carbons (Fsp3) is 0.643. The van der Waals surface area contributed by atoms with Crippen molar-refractivity contribution in [3.63, 3.8) is 0 Å². The van der Waals surface area contributed by atoms with Gasteiger partial charge in [0.15, 0.2) is 0 Å². The van der Waals surface area contributed by atoms with Crippen LogP contribution in [-0.2, 0) is 16.6 Å². The summed E-state index contributed by atoms with van der Waals surface area (Å²) in [5, 5.41) is 3.08. The van der Waals surface area contributed by atoms with Gasteiger partial charge in [-0.1, -0.05) is 12.5 Å². The van der Waals surface area contributed by atoms with Crippen LogP contribution in [0.4, 0.5) is 0 Å². The van der Waals surface area contributed by atoms with Gasteiger partial charge in [0, 0.05) is 44.0 Å². The van der Waals surface area contributed by atoms with Crippen molar-refractivity contribution in [1.82, 2.24) is 19.3 Å². The Morgan fingerprint density at radius 2 is 2.24 bits per heavy atom. The van der Waals surface area contributed by atoms with Crippen molar-refractivity contribution in [2.24, 2.45) is 0 Å². The van der Waals surface area contributed by atoms with Crippen LogP contribution in [0.1, 0.15) is 25.0 Å². The number of rotatable bonds is 7. The van der Waals surface area contributed by atoms with Gasteiger partial charge in [0.05, 0.1) is 0 Å². The molecular formula is C14H24N4O2S. The summed E-state index contributed by atoms with van der Waals surface area (Å²) in [6.45, 7) is 1.68. The largest absolute Gasteiger partial charge is 0.318 e. The van der Waals surface area contributed by atoms with Crippen LogP contribution in [0.15, 0.2) is 24.4 Å². The SMILES string of the molecule is CNCC1CCCCN1S(=O)(=O)NCCc1ccccn1. The Kier molecular flexibility index (Phi) is 6.10. The molecule has 0 radical (unpaired) electrons. The van der Waals surface area contributed by atoms with Crippen LogP contribution in [-0.4, -0.2) is 50.4 Å². The highest BCUT2D eigenvalue weighted by atomic mass is 32.2. The van der Waals surface area contributed by atoms with Gasteiger partial charge in [0.2, 0.25) is 0 Å². The maximum atomic E-state index is 12.4. The van der Waals surface area contributed by atoms with E-state index in [4.69, 9.17) is 0 Å². The fourth-order valence-electron chi connectivity index (χ4n) is 2.67. The number of pyridine rings is 1. The van der Waals surface area contributed by atoms with Crippen molar-refractivity contribution in [3.05, 3.63) is 30.1 Å². The van der Waals surface area contributed by atoms with E-state index in [-0.39, 0.29) is 6.04 Å². The van der Waals surface area contributed by atoms with Gasteiger partial charge in [-0.3, -0.25) is 4.98 Å². The average molecular weight is 312 g/mol. The second-order valence-corrected chi connectivity index (χ2v) is 7.00. The molecule has 0 bridgehead atoms. The summed E-state index contributed by atoms with van der Waals surface area (Å²) in [6.07, 6.45) is 5.26. The van der Waals surface area contributed by atoms with E-state index in [1.807, 2.05) is 25.2 Å². The number of aromatic nitrogens is 1. The second kappa shape index (κ2) is 7.84. The highest BCUT2D eigenvalue weighted by Crippen LogP contribution is 2.19. The minimum absolute atomic E-state index is 0.0519. The number of likely N-dealkylation sites (N-methyl/N-ethyl adjacent to an activating group) is 1. The molecule has 0 spiro atoms. The van der Waals surface area contributed by atoms with Crippen LogP contribution in [0.5, 0.6) is 0 Å². The number of nitrogens with zero attached hydrogens (tertiary/aromatic N) is 2. The molecule has 0 saturated carbocycles. The zero-order chi connectivity index (χ0) is 15.1. The first-order valence-corrected chi connectivity index (χ1v) is 8.88. The molecule has 1 aliphatic heterocycles. The maximum absolute atomic E-state index is 12.4. The van der Waals surface area contributed by atoms with Crippen LogP contribution >= 0.6 is 0 Å². The first-order chi connectivity index (χ1) is 10.1. The lowest BCUT2D eigenvalue weighted by atomic mass is 10.1. The molecule has 0 amide bonds. The van der Waals surface area contributed by atoms with Crippen LogP contribution in [0.2, 0.25) is 0 Å². The lowest BCUT2D eigenvalue weighted by molar-refractivity contribution is 0.246. The van der Waals surface area contributed by atoms with E-state index in [2.05, 4.69) is 15.0 Å². The second-order valence-electron chi connectivity index (χ2n) is 5.29. The maximum Gasteiger partial charge on any atom is 0.279 e. The van der Waals surface area contributed by atoms with E-state index in [1.165, 1.54) is 0 Å². The molecule has 1 aromatic rings. The van der Waals surface area contributed by atoms with E-state index in [0.29, 0.717) is 26.1 Å². The highest BCUT2D eigenvalue weighted by Gasteiger charge is 2.31. The van der Waals surface area contributed by atoms with E-state index in [1.54, 1.807) is 10.5 Å². The van der Waals surface area contributed by atoms with Gasteiger partial charge in [0.25, 0.3) is 10.2 Å². The molecular weight excluding hydrogens is 288 g/mol. The van der Waals surface area contributed by atoms with E-state index in [9.17, 15) is 8.42 Å². The summed E-state index contributed by atoms with van der Waals surface area (Å²) in [6, 6.07) is 5.71. The van der Waals surface area contributed by atoms with E-state index < -0.39 is 10.2 Å². The van der Waals surface area contributed by atoms with Crippen LogP contribution in [0, 0.1) is 0 Å². The molecule has 0 aromatic carbocycles. The van der Waals surface area contributed by atoms with Crippen molar-refractivity contribution in [1.29, 1.82) is 0 Å². The van der Waals surface area contributed by atoms with Gasteiger partial charge < -0.3 is 5.32 Å². The molecule has 7 heteroatoms. The first-order valence-electron chi connectivity index (χ1n) is 7.44. The summed E-state index contributed by atoms with van der Waals surface area (Å²) in [4.78, 5) is 4.20. The molecule has 1 atom stereocenters. The Hall–Kier alpha value is -1.02. The Morgan fingerprint density at radius 3 is 2.95 bits per heavy atom. The molecule has 21 heavy (non-hydrogen) atoms. The molecule has 6 nitrogen and oxygen atoms in total. The predicted molar refractivity (Wildman–Crippen MR) is 83.1 cm³/mol. The van der Waals surface area contributed by atoms with E-state index >= 15 is 0 Å². The lowest BCUT2D eigenvalue weighted by Gasteiger charge is -2.34. The van der Waals surface area contributed by atoms with Crippen molar-refractivity contribution in [2.45, 2.75) is 31.7 Å². The molecule has 0 aliphatic carbocycles. The van der Waals surface area contributed by atoms with Gasteiger partial charge >= 0.3 is 0 Å². The third-order valence-electron chi connectivity index (χ3n) is 3.71. The molecule has 1 aromatic heterocycles. The van der Waals surface area contributed by atoms with Gasteiger partial charge in [-0.25, -0.2) is 4.72 Å². The molecule has 2 rings (SSSR count). The molecule has 118 valence electrons. The Balaban J connectivity index is 1.90. The lowest BCUT2D eigenvalue weighted by Crippen LogP contribution is -2.52. The normalized spacial score (nSPS) is 20.5. The zero-order valence-electron chi connectivity index (χ0n) is 12.5. The van der Waals surface area contributed by atoms with Crippen LogP contribution in [0.3, 0.4) is 0 Å². The zero-order valence-corrected chi connectivity index (χ0v) is 13.3. The van der Waals surface area contributed by atoms with E-state index in [0.717, 1.165) is 25.0 Å². The molecule has 1 unspecified atom stereocenters. The van der Waals surface area contributed by atoms with Crippen molar-refractivity contribution in [2.75, 3.05) is 26.7 Å². The molecule has 1 saturated heterocycles. The summed E-state index contributed by atoms with van der Waals surface area (Å²) in [7, 11) is -1.55. The molecule has 1 fully saturated rings. The van der Waals surface area contributed by atoms with Gasteiger partial charge in [-0.05, 0) is 32.0 Å². The standard InChI is InChI=1S/C14H24N4O2S/c1-15-12-14-7-3-5-11-18(14)21(19,20)17-10-8-13-6-2-4-9-16-13/h2,4,6,9,14-15,17H,3,5,7-8,10-12H2,1H3. The summed E-state index contributed by atoms with van der Waals surface area (Å²) in [5.41, 5.74) is 0.894. The predicted octanol–water partition coefficient (Wildman–Crippen LogP) is 0.532. The number of hydrogen-bond acceptors (Lipinski definition) is 4. The average Bonchev–Trinajstić information content (AvgIpc) is 2.49. The number of hydrogen-bond donors (Lipinski definition) is 2. The van der Waals surface area contributed by atoms with Gasteiger partial charge in [-0.2, -0.15) is 12.7 Å².